The second-order valence-corrected chi connectivity index (χ2v) is 7.39. The highest BCUT2D eigenvalue weighted by Crippen LogP contribution is 2.21. The van der Waals surface area contributed by atoms with Crippen molar-refractivity contribution in [1.29, 1.82) is 5.26 Å². The maximum atomic E-state index is 12.8. The molecule has 0 saturated carbocycles. The SMILES string of the molecule is N#Cc1ccc(-c2ccc(C(=O)N3CCN(C(=O)[C@@H]4CCCO4)CC3)cc2)cc1. The fraction of sp³-hybridized carbons (Fsp3) is 0.348. The molecule has 148 valence electrons. The second kappa shape index (κ2) is 8.46. The van der Waals surface area contributed by atoms with Gasteiger partial charge >= 0.3 is 0 Å². The first kappa shape index (κ1) is 19.2. The molecule has 0 radical (unpaired) electrons. The van der Waals surface area contributed by atoms with Crippen molar-refractivity contribution in [3.8, 4) is 17.2 Å². The fourth-order valence-corrected chi connectivity index (χ4v) is 3.83. The van der Waals surface area contributed by atoms with E-state index in [2.05, 4.69) is 6.07 Å². The van der Waals surface area contributed by atoms with Crippen molar-refractivity contribution in [2.24, 2.45) is 0 Å². The molecule has 2 fully saturated rings. The predicted molar refractivity (Wildman–Crippen MR) is 108 cm³/mol. The number of hydrogen-bond donors (Lipinski definition) is 0. The topological polar surface area (TPSA) is 73.6 Å². The van der Waals surface area contributed by atoms with E-state index in [1.165, 1.54) is 0 Å². The van der Waals surface area contributed by atoms with Gasteiger partial charge in [0, 0.05) is 38.3 Å². The summed E-state index contributed by atoms with van der Waals surface area (Å²) >= 11 is 0. The Balaban J connectivity index is 1.36. The van der Waals surface area contributed by atoms with E-state index in [1.807, 2.05) is 41.3 Å². The van der Waals surface area contributed by atoms with Crippen LogP contribution in [0.4, 0.5) is 0 Å². The first-order valence-corrected chi connectivity index (χ1v) is 9.96. The lowest BCUT2D eigenvalue weighted by atomic mass is 10.0. The number of piperazine rings is 1. The number of nitrogens with zero attached hydrogens (tertiary/aromatic N) is 3. The molecule has 0 spiro atoms. The zero-order valence-electron chi connectivity index (χ0n) is 16.2. The van der Waals surface area contributed by atoms with Crippen LogP contribution in [0.2, 0.25) is 0 Å². The summed E-state index contributed by atoms with van der Waals surface area (Å²) in [6, 6.07) is 17.0. The molecule has 0 N–H and O–H groups in total. The summed E-state index contributed by atoms with van der Waals surface area (Å²) in [6.45, 7) is 2.83. The van der Waals surface area contributed by atoms with Crippen LogP contribution in [0.5, 0.6) is 0 Å². The summed E-state index contributed by atoms with van der Waals surface area (Å²) in [4.78, 5) is 28.9. The third-order valence-corrected chi connectivity index (χ3v) is 5.56. The van der Waals surface area contributed by atoms with Gasteiger partial charge in [-0.1, -0.05) is 24.3 Å². The number of nitriles is 1. The number of rotatable bonds is 3. The highest BCUT2D eigenvalue weighted by molar-refractivity contribution is 5.95. The summed E-state index contributed by atoms with van der Waals surface area (Å²) in [5, 5.41) is 8.90. The largest absolute Gasteiger partial charge is 0.368 e. The molecule has 2 amide bonds. The van der Waals surface area contributed by atoms with Gasteiger partial charge in [-0.25, -0.2) is 0 Å². The minimum absolute atomic E-state index is 0.0133. The van der Waals surface area contributed by atoms with E-state index in [0.717, 1.165) is 24.0 Å². The maximum absolute atomic E-state index is 12.8. The average molecular weight is 389 g/mol. The van der Waals surface area contributed by atoms with E-state index >= 15 is 0 Å². The number of amides is 2. The molecule has 6 nitrogen and oxygen atoms in total. The molecule has 2 aliphatic heterocycles. The van der Waals surface area contributed by atoms with Gasteiger partial charge in [-0.2, -0.15) is 5.26 Å². The van der Waals surface area contributed by atoms with E-state index in [1.54, 1.807) is 17.0 Å². The molecule has 4 rings (SSSR count). The van der Waals surface area contributed by atoms with Crippen LogP contribution in [-0.2, 0) is 9.53 Å². The Hall–Kier alpha value is -3.17. The van der Waals surface area contributed by atoms with Crippen LogP contribution in [0.15, 0.2) is 48.5 Å². The Morgan fingerprint density at radius 1 is 0.897 bits per heavy atom. The summed E-state index contributed by atoms with van der Waals surface area (Å²) in [5.41, 5.74) is 3.27. The number of hydrogen-bond acceptors (Lipinski definition) is 4. The molecule has 2 saturated heterocycles. The zero-order chi connectivity index (χ0) is 20.2. The molecule has 0 aromatic heterocycles. The van der Waals surface area contributed by atoms with Crippen molar-refractivity contribution in [1.82, 2.24) is 9.80 Å². The van der Waals surface area contributed by atoms with Crippen LogP contribution >= 0.6 is 0 Å². The van der Waals surface area contributed by atoms with Crippen molar-refractivity contribution in [2.45, 2.75) is 18.9 Å². The lowest BCUT2D eigenvalue weighted by molar-refractivity contribution is -0.142. The molecule has 2 aromatic carbocycles. The lowest BCUT2D eigenvalue weighted by Crippen LogP contribution is -2.52. The van der Waals surface area contributed by atoms with Crippen molar-refractivity contribution < 1.29 is 14.3 Å². The highest BCUT2D eigenvalue weighted by atomic mass is 16.5. The Bertz CT molecular complexity index is 917. The maximum Gasteiger partial charge on any atom is 0.253 e. The summed E-state index contributed by atoms with van der Waals surface area (Å²) < 4.78 is 5.48. The molecular formula is C23H23N3O3. The molecule has 0 bridgehead atoms. The van der Waals surface area contributed by atoms with E-state index in [-0.39, 0.29) is 17.9 Å². The third kappa shape index (κ3) is 4.15. The first-order valence-electron chi connectivity index (χ1n) is 9.96. The summed E-state index contributed by atoms with van der Waals surface area (Å²) in [7, 11) is 0. The average Bonchev–Trinajstić information content (AvgIpc) is 3.33. The molecule has 2 aromatic rings. The van der Waals surface area contributed by atoms with E-state index < -0.39 is 0 Å². The Labute approximate surface area is 170 Å². The van der Waals surface area contributed by atoms with Crippen LogP contribution in [0, 0.1) is 11.3 Å². The van der Waals surface area contributed by atoms with Gasteiger partial charge in [0.25, 0.3) is 11.8 Å². The first-order chi connectivity index (χ1) is 14.2. The summed E-state index contributed by atoms with van der Waals surface area (Å²) in [5.74, 6) is 0.0435. The second-order valence-electron chi connectivity index (χ2n) is 7.39. The lowest BCUT2D eigenvalue weighted by Gasteiger charge is -2.35. The third-order valence-electron chi connectivity index (χ3n) is 5.56. The molecule has 2 aliphatic rings. The standard InChI is InChI=1S/C23H23N3O3/c24-16-17-3-5-18(6-4-17)19-7-9-20(10-8-19)22(27)25-11-13-26(14-12-25)23(28)21-2-1-15-29-21/h3-10,21H,1-2,11-15H2/t21-/m0/s1. The van der Waals surface area contributed by atoms with Crippen LogP contribution in [0.25, 0.3) is 11.1 Å². The van der Waals surface area contributed by atoms with Gasteiger partial charge in [0.1, 0.15) is 6.10 Å². The summed E-state index contributed by atoms with van der Waals surface area (Å²) in [6.07, 6.45) is 1.43. The number of carbonyl (C=O) groups is 2. The predicted octanol–water partition coefficient (Wildman–Crippen LogP) is 2.69. The van der Waals surface area contributed by atoms with Gasteiger partial charge in [-0.05, 0) is 48.2 Å². The molecule has 29 heavy (non-hydrogen) atoms. The van der Waals surface area contributed by atoms with E-state index in [4.69, 9.17) is 10.00 Å². The van der Waals surface area contributed by atoms with Crippen molar-refractivity contribution in [3.05, 3.63) is 59.7 Å². The normalized spacial score (nSPS) is 19.1. The number of carbonyl (C=O) groups excluding carboxylic acids is 2. The van der Waals surface area contributed by atoms with Crippen molar-refractivity contribution in [3.63, 3.8) is 0 Å². The van der Waals surface area contributed by atoms with Gasteiger partial charge < -0.3 is 14.5 Å². The van der Waals surface area contributed by atoms with Gasteiger partial charge in [0.05, 0.1) is 11.6 Å². The Morgan fingerprint density at radius 2 is 1.48 bits per heavy atom. The molecule has 0 unspecified atom stereocenters. The van der Waals surface area contributed by atoms with Crippen LogP contribution in [0.3, 0.4) is 0 Å². The van der Waals surface area contributed by atoms with Gasteiger partial charge in [-0.3, -0.25) is 9.59 Å². The molecule has 6 heteroatoms. The van der Waals surface area contributed by atoms with Crippen LogP contribution in [-0.4, -0.2) is 60.5 Å². The van der Waals surface area contributed by atoms with Crippen LogP contribution < -0.4 is 0 Å². The zero-order valence-corrected chi connectivity index (χ0v) is 16.2. The van der Waals surface area contributed by atoms with Gasteiger partial charge in [-0.15, -0.1) is 0 Å². The molecular weight excluding hydrogens is 366 g/mol. The van der Waals surface area contributed by atoms with Gasteiger partial charge in [0.15, 0.2) is 0 Å². The molecule has 2 heterocycles. The molecule has 1 atom stereocenters. The highest BCUT2D eigenvalue weighted by Gasteiger charge is 2.31. The van der Waals surface area contributed by atoms with Crippen LogP contribution in [0.1, 0.15) is 28.8 Å². The minimum atomic E-state index is -0.299. The van der Waals surface area contributed by atoms with Crippen molar-refractivity contribution >= 4 is 11.8 Å². The number of benzene rings is 2. The van der Waals surface area contributed by atoms with E-state index in [9.17, 15) is 9.59 Å². The smallest absolute Gasteiger partial charge is 0.253 e. The monoisotopic (exact) mass is 389 g/mol. The minimum Gasteiger partial charge on any atom is -0.368 e. The fourth-order valence-electron chi connectivity index (χ4n) is 3.83. The quantitative estimate of drug-likeness (QED) is 0.809. The molecule has 0 aliphatic carbocycles. The van der Waals surface area contributed by atoms with E-state index in [0.29, 0.717) is 43.9 Å². The number of ether oxygens (including phenoxy) is 1. The van der Waals surface area contributed by atoms with Crippen molar-refractivity contribution in [2.75, 3.05) is 32.8 Å². The van der Waals surface area contributed by atoms with Gasteiger partial charge in [0.2, 0.25) is 0 Å². The Kier molecular flexibility index (Phi) is 5.59. The Morgan fingerprint density at radius 3 is 2.03 bits per heavy atom.